The van der Waals surface area contributed by atoms with Gasteiger partial charge in [0.15, 0.2) is 0 Å². The van der Waals surface area contributed by atoms with Gasteiger partial charge in [-0.1, -0.05) is 23.7 Å². The van der Waals surface area contributed by atoms with Crippen molar-refractivity contribution in [2.75, 3.05) is 31.1 Å². The van der Waals surface area contributed by atoms with Gasteiger partial charge in [0.25, 0.3) is 5.56 Å². The number of anilines is 1. The molecule has 0 spiro atoms. The van der Waals surface area contributed by atoms with Gasteiger partial charge in [0.05, 0.1) is 28.5 Å². The van der Waals surface area contributed by atoms with Gasteiger partial charge in [-0.3, -0.25) is 9.69 Å². The lowest BCUT2D eigenvalue weighted by Crippen LogP contribution is -2.43. The molecule has 0 aliphatic carbocycles. The van der Waals surface area contributed by atoms with Crippen LogP contribution in [0.1, 0.15) is 67.0 Å². The first-order chi connectivity index (χ1) is 21.4. The summed E-state index contributed by atoms with van der Waals surface area (Å²) in [6, 6.07) is 9.92. The van der Waals surface area contributed by atoms with E-state index in [0.717, 1.165) is 91.4 Å². The molecule has 9 heteroatoms. The van der Waals surface area contributed by atoms with Gasteiger partial charge in [-0.15, -0.1) is 0 Å². The Bertz CT molecular complexity index is 1910. The van der Waals surface area contributed by atoms with Gasteiger partial charge >= 0.3 is 0 Å². The maximum absolute atomic E-state index is 14.0. The summed E-state index contributed by atoms with van der Waals surface area (Å²) in [5.41, 5.74) is 6.29. The molecule has 5 aliphatic rings. The molecule has 7 heterocycles. The van der Waals surface area contributed by atoms with Crippen LogP contribution in [0.5, 0.6) is 11.6 Å². The Hall–Kier alpha value is -3.33. The van der Waals surface area contributed by atoms with E-state index in [4.69, 9.17) is 21.3 Å². The van der Waals surface area contributed by atoms with Gasteiger partial charge in [-0.05, 0) is 93.1 Å². The largest absolute Gasteiger partial charge is 0.508 e. The van der Waals surface area contributed by atoms with Crippen LogP contribution in [-0.2, 0) is 26.4 Å². The third-order valence-electron chi connectivity index (χ3n) is 11.4. The van der Waals surface area contributed by atoms with Crippen LogP contribution in [0.2, 0.25) is 5.02 Å². The van der Waals surface area contributed by atoms with Crippen molar-refractivity contribution in [3.05, 3.63) is 68.1 Å². The van der Waals surface area contributed by atoms with Crippen molar-refractivity contribution in [3.63, 3.8) is 0 Å². The fourth-order valence-electron chi connectivity index (χ4n) is 9.32. The second-order valence-electron chi connectivity index (χ2n) is 13.7. The summed E-state index contributed by atoms with van der Waals surface area (Å²) in [5, 5.41) is 18.1. The summed E-state index contributed by atoms with van der Waals surface area (Å²) >= 11 is 6.74. The van der Waals surface area contributed by atoms with Crippen LogP contribution in [0.15, 0.2) is 35.1 Å². The molecule has 2 bridgehead atoms. The third-order valence-corrected chi connectivity index (χ3v) is 11.7. The molecule has 2 N–H and O–H groups in total. The van der Waals surface area contributed by atoms with E-state index in [1.807, 2.05) is 35.9 Å². The minimum Gasteiger partial charge on any atom is -0.508 e. The first kappa shape index (κ1) is 27.0. The van der Waals surface area contributed by atoms with Gasteiger partial charge in [-0.25, -0.2) is 4.98 Å². The predicted octanol–water partition coefficient (Wildman–Crippen LogP) is 5.36. The number of phenolic OH excluding ortho intramolecular Hbond substituents is 1. The molecule has 9 rings (SSSR count). The summed E-state index contributed by atoms with van der Waals surface area (Å²) in [6.45, 7) is 4.21. The SMILES string of the molecule is Cn1c(=O)c2c(c3c4c(nc(OCC56CCCN5CCC6)c31)CN(c1cc(O)cc3cccc(Cl)c13)CC4)CC1CCC2N1. The average Bonchev–Trinajstić information content (AvgIpc) is 3.71. The monoisotopic (exact) mass is 611 g/mol. The Balaban J connectivity index is 1.22. The van der Waals surface area contributed by atoms with Crippen molar-refractivity contribution in [1.82, 2.24) is 19.8 Å². The summed E-state index contributed by atoms with van der Waals surface area (Å²) < 4.78 is 8.64. The molecule has 0 amide bonds. The van der Waals surface area contributed by atoms with Gasteiger partial charge in [-0.2, -0.15) is 0 Å². The molecular formula is C35H38ClN5O3. The lowest BCUT2D eigenvalue weighted by atomic mass is 9.88. The minimum atomic E-state index is 0.0727. The minimum absolute atomic E-state index is 0.0727. The van der Waals surface area contributed by atoms with E-state index >= 15 is 0 Å². The molecule has 44 heavy (non-hydrogen) atoms. The van der Waals surface area contributed by atoms with Crippen LogP contribution in [-0.4, -0.2) is 57.4 Å². The van der Waals surface area contributed by atoms with Crippen molar-refractivity contribution in [3.8, 4) is 11.6 Å². The summed E-state index contributed by atoms with van der Waals surface area (Å²) in [5.74, 6) is 0.806. The number of fused-ring (bicyclic) bond motifs is 10. The number of aryl methyl sites for hydroxylation is 1. The fraction of sp³-hybridized carbons (Fsp3) is 0.486. The molecule has 2 unspecified atom stereocenters. The zero-order valence-corrected chi connectivity index (χ0v) is 25.9. The molecule has 228 valence electrons. The molecule has 2 aromatic carbocycles. The number of phenols is 1. The summed E-state index contributed by atoms with van der Waals surface area (Å²) in [7, 11) is 1.90. The number of aromatic hydroxyl groups is 1. The smallest absolute Gasteiger partial charge is 0.256 e. The van der Waals surface area contributed by atoms with Crippen LogP contribution in [0, 0.1) is 0 Å². The number of ether oxygens (including phenoxy) is 1. The van der Waals surface area contributed by atoms with Crippen molar-refractivity contribution < 1.29 is 9.84 Å². The number of hydrogen-bond acceptors (Lipinski definition) is 7. The first-order valence-electron chi connectivity index (χ1n) is 16.3. The van der Waals surface area contributed by atoms with E-state index in [9.17, 15) is 9.90 Å². The van der Waals surface area contributed by atoms with E-state index in [0.29, 0.717) is 30.1 Å². The van der Waals surface area contributed by atoms with Gasteiger partial charge in [0.1, 0.15) is 17.9 Å². The van der Waals surface area contributed by atoms with Crippen LogP contribution >= 0.6 is 11.6 Å². The number of pyridine rings is 2. The van der Waals surface area contributed by atoms with Crippen molar-refractivity contribution in [2.24, 2.45) is 7.05 Å². The Morgan fingerprint density at radius 2 is 1.95 bits per heavy atom. The van der Waals surface area contributed by atoms with Crippen molar-refractivity contribution >= 4 is 39.0 Å². The van der Waals surface area contributed by atoms with Crippen LogP contribution in [0.4, 0.5) is 5.69 Å². The first-order valence-corrected chi connectivity index (χ1v) is 16.7. The highest BCUT2D eigenvalue weighted by Gasteiger charge is 2.45. The van der Waals surface area contributed by atoms with E-state index in [2.05, 4.69) is 15.1 Å². The second-order valence-corrected chi connectivity index (χ2v) is 14.1. The van der Waals surface area contributed by atoms with Crippen molar-refractivity contribution in [1.29, 1.82) is 0 Å². The molecule has 0 saturated carbocycles. The van der Waals surface area contributed by atoms with Crippen LogP contribution in [0.25, 0.3) is 21.7 Å². The molecule has 8 nitrogen and oxygen atoms in total. The zero-order chi connectivity index (χ0) is 29.7. The molecule has 4 aromatic rings. The van der Waals surface area contributed by atoms with Crippen LogP contribution < -0.4 is 20.5 Å². The van der Waals surface area contributed by atoms with E-state index < -0.39 is 0 Å². The van der Waals surface area contributed by atoms with E-state index in [-0.39, 0.29) is 22.9 Å². The Labute approximate surface area is 261 Å². The highest BCUT2D eigenvalue weighted by atomic mass is 35.5. The number of halogens is 1. The second kappa shape index (κ2) is 9.83. The summed E-state index contributed by atoms with van der Waals surface area (Å²) in [4.78, 5) is 24.1. The number of nitrogens with zero attached hydrogens (tertiary/aromatic N) is 4. The maximum atomic E-state index is 14.0. The molecule has 2 aromatic heterocycles. The molecule has 0 radical (unpaired) electrons. The highest BCUT2D eigenvalue weighted by molar-refractivity contribution is 6.36. The normalized spacial score (nSPS) is 23.7. The van der Waals surface area contributed by atoms with Gasteiger partial charge < -0.3 is 24.6 Å². The molecule has 3 fully saturated rings. The predicted molar refractivity (Wildman–Crippen MR) is 173 cm³/mol. The number of nitrogens with one attached hydrogen (secondary N) is 1. The number of aromatic nitrogens is 2. The lowest BCUT2D eigenvalue weighted by Gasteiger charge is -2.35. The van der Waals surface area contributed by atoms with Gasteiger partial charge in [0, 0.05) is 48.1 Å². The summed E-state index contributed by atoms with van der Waals surface area (Å²) in [6.07, 6.45) is 8.47. The van der Waals surface area contributed by atoms with Crippen LogP contribution in [0.3, 0.4) is 0 Å². The lowest BCUT2D eigenvalue weighted by molar-refractivity contribution is 0.111. The molecule has 3 saturated heterocycles. The van der Waals surface area contributed by atoms with Gasteiger partial charge in [0.2, 0.25) is 5.88 Å². The van der Waals surface area contributed by atoms with E-state index in [1.54, 1.807) is 6.07 Å². The maximum Gasteiger partial charge on any atom is 0.256 e. The molecular weight excluding hydrogens is 574 g/mol. The standard InChI is InChI=1S/C35H38ClN5O3/c1-39-32-30(24-16-21-7-8-26(37-21)31(24)34(39)43)23-9-14-40(28-17-22(42)15-20-5-2-6-25(36)29(20)28)18-27(23)38-33(32)44-19-35-10-3-12-41(35)13-4-11-35/h2,5-6,15,17,21,26,37,42H,3-4,7-14,16,18-19H2,1H3. The average molecular weight is 612 g/mol. The fourth-order valence-corrected chi connectivity index (χ4v) is 9.59. The molecule has 2 atom stereocenters. The van der Waals surface area contributed by atoms with E-state index in [1.165, 1.54) is 29.4 Å². The quantitative estimate of drug-likeness (QED) is 0.321. The number of benzene rings is 2. The van der Waals surface area contributed by atoms with Crippen molar-refractivity contribution in [2.45, 2.75) is 75.5 Å². The zero-order valence-electron chi connectivity index (χ0n) is 25.2. The third kappa shape index (κ3) is 3.90. The Kier molecular flexibility index (Phi) is 6.04. The Morgan fingerprint density at radius 1 is 1.11 bits per heavy atom. The highest BCUT2D eigenvalue weighted by Crippen LogP contribution is 2.45. The number of rotatable bonds is 4. The topological polar surface area (TPSA) is 82.9 Å². The molecule has 5 aliphatic heterocycles. The Morgan fingerprint density at radius 3 is 2.80 bits per heavy atom. The number of hydrogen-bond donors (Lipinski definition) is 2.